The molecule has 1 aliphatic rings. The molecular formula is C16H14F4N2. The largest absolute Gasteiger partial charge is 0.419 e. The first-order chi connectivity index (χ1) is 10.2. The van der Waals surface area contributed by atoms with Crippen molar-refractivity contribution in [1.29, 1.82) is 0 Å². The average molecular weight is 310 g/mol. The zero-order chi connectivity index (χ0) is 16.1. The van der Waals surface area contributed by atoms with Crippen LogP contribution in [-0.2, 0) is 19.0 Å². The van der Waals surface area contributed by atoms with E-state index >= 15 is 0 Å². The second kappa shape index (κ2) is 4.76. The van der Waals surface area contributed by atoms with Crippen LogP contribution >= 0.6 is 0 Å². The molecule has 1 aromatic carbocycles. The van der Waals surface area contributed by atoms with Crippen LogP contribution in [0.1, 0.15) is 30.7 Å². The fourth-order valence-electron chi connectivity index (χ4n) is 2.95. The molecule has 1 aromatic heterocycles. The highest BCUT2D eigenvalue weighted by atomic mass is 19.4. The molecule has 22 heavy (non-hydrogen) atoms. The van der Waals surface area contributed by atoms with E-state index in [1.807, 2.05) is 0 Å². The summed E-state index contributed by atoms with van der Waals surface area (Å²) in [7, 11) is 0. The van der Waals surface area contributed by atoms with Gasteiger partial charge >= 0.3 is 6.18 Å². The predicted octanol–water partition coefficient (Wildman–Crippen LogP) is 4.43. The van der Waals surface area contributed by atoms with Gasteiger partial charge in [0.1, 0.15) is 11.4 Å². The first-order valence-electron chi connectivity index (χ1n) is 6.89. The minimum absolute atomic E-state index is 0.0183. The van der Waals surface area contributed by atoms with Gasteiger partial charge in [0.2, 0.25) is 0 Å². The van der Waals surface area contributed by atoms with Crippen molar-refractivity contribution in [3.63, 3.8) is 0 Å². The van der Waals surface area contributed by atoms with Crippen LogP contribution in [-0.4, -0.2) is 10.2 Å². The predicted molar refractivity (Wildman–Crippen MR) is 73.6 cm³/mol. The Morgan fingerprint density at radius 1 is 1.09 bits per heavy atom. The zero-order valence-electron chi connectivity index (χ0n) is 12.1. The molecule has 0 saturated heterocycles. The summed E-state index contributed by atoms with van der Waals surface area (Å²) >= 11 is 0. The third kappa shape index (κ3) is 2.58. The third-order valence-electron chi connectivity index (χ3n) is 3.85. The second-order valence-corrected chi connectivity index (χ2v) is 6.38. The van der Waals surface area contributed by atoms with Crippen LogP contribution in [0.5, 0.6) is 0 Å². The Balaban J connectivity index is 2.13. The number of fused-ring (bicyclic) bond motifs is 1. The molecule has 0 fully saturated rings. The van der Waals surface area contributed by atoms with Crippen molar-refractivity contribution >= 4 is 0 Å². The van der Waals surface area contributed by atoms with Crippen molar-refractivity contribution in [2.75, 3.05) is 0 Å². The van der Waals surface area contributed by atoms with Gasteiger partial charge in [0, 0.05) is 5.56 Å². The molecular weight excluding hydrogens is 296 g/mol. The summed E-state index contributed by atoms with van der Waals surface area (Å²) in [6.45, 7) is 4.13. The van der Waals surface area contributed by atoms with Gasteiger partial charge < -0.3 is 0 Å². The van der Waals surface area contributed by atoms with Gasteiger partial charge in [-0.05, 0) is 36.0 Å². The highest BCUT2D eigenvalue weighted by Crippen LogP contribution is 2.40. The molecule has 2 aromatic rings. The van der Waals surface area contributed by atoms with E-state index in [0.717, 1.165) is 30.2 Å². The molecule has 2 nitrogen and oxygen atoms in total. The second-order valence-electron chi connectivity index (χ2n) is 6.38. The standard InChI is InChI=1S/C16H14F4N2/c1-15(2)7-9-6-12(21-22-13(9)8-15)10-4-3-5-11(17)14(10)16(18,19)20/h3-6H,7-8H2,1-2H3. The van der Waals surface area contributed by atoms with Crippen LogP contribution in [0.3, 0.4) is 0 Å². The van der Waals surface area contributed by atoms with Crippen LogP contribution in [0.4, 0.5) is 17.6 Å². The molecule has 116 valence electrons. The van der Waals surface area contributed by atoms with E-state index in [2.05, 4.69) is 24.0 Å². The fourth-order valence-corrected chi connectivity index (χ4v) is 2.95. The lowest BCUT2D eigenvalue weighted by Crippen LogP contribution is -2.11. The first-order valence-corrected chi connectivity index (χ1v) is 6.89. The van der Waals surface area contributed by atoms with Gasteiger partial charge in [-0.15, -0.1) is 0 Å². The lowest BCUT2D eigenvalue weighted by Gasteiger charge is -2.14. The number of nitrogens with zero attached hydrogens (tertiary/aromatic N) is 2. The van der Waals surface area contributed by atoms with E-state index in [0.29, 0.717) is 0 Å². The number of rotatable bonds is 1. The van der Waals surface area contributed by atoms with E-state index < -0.39 is 17.6 Å². The van der Waals surface area contributed by atoms with Crippen molar-refractivity contribution < 1.29 is 17.6 Å². The first kappa shape index (κ1) is 14.9. The van der Waals surface area contributed by atoms with Crippen LogP contribution in [0.2, 0.25) is 0 Å². The SMILES string of the molecule is CC1(C)Cc2cc(-c3cccc(F)c3C(F)(F)F)nnc2C1. The summed E-state index contributed by atoms with van der Waals surface area (Å²) < 4.78 is 53.0. The number of hydrogen-bond acceptors (Lipinski definition) is 2. The minimum atomic E-state index is -4.78. The molecule has 0 unspecified atom stereocenters. The number of hydrogen-bond donors (Lipinski definition) is 0. The van der Waals surface area contributed by atoms with Gasteiger partial charge in [0.15, 0.2) is 0 Å². The maximum atomic E-state index is 13.7. The number of halogens is 4. The van der Waals surface area contributed by atoms with Crippen LogP contribution in [0.25, 0.3) is 11.3 Å². The van der Waals surface area contributed by atoms with Crippen molar-refractivity contribution in [1.82, 2.24) is 10.2 Å². The Bertz CT molecular complexity index is 735. The van der Waals surface area contributed by atoms with Gasteiger partial charge in [-0.2, -0.15) is 23.4 Å². The Hall–Kier alpha value is -1.98. The highest BCUT2D eigenvalue weighted by Gasteiger charge is 2.38. The highest BCUT2D eigenvalue weighted by molar-refractivity contribution is 5.65. The van der Waals surface area contributed by atoms with Gasteiger partial charge in [-0.3, -0.25) is 0 Å². The number of benzene rings is 1. The maximum Gasteiger partial charge on any atom is 0.419 e. The number of alkyl halides is 3. The molecule has 0 amide bonds. The molecule has 0 aliphatic heterocycles. The molecule has 0 radical (unpaired) electrons. The number of aromatic nitrogens is 2. The molecule has 0 bridgehead atoms. The van der Waals surface area contributed by atoms with E-state index in [9.17, 15) is 17.6 Å². The summed E-state index contributed by atoms with van der Waals surface area (Å²) in [5, 5.41) is 7.93. The van der Waals surface area contributed by atoms with Crippen molar-refractivity contribution in [2.45, 2.75) is 32.9 Å². The minimum Gasteiger partial charge on any atom is -0.206 e. The monoisotopic (exact) mass is 310 g/mol. The van der Waals surface area contributed by atoms with Crippen molar-refractivity contribution in [3.05, 3.63) is 46.9 Å². The summed E-state index contributed by atoms with van der Waals surface area (Å²) in [5.74, 6) is -1.30. The maximum absolute atomic E-state index is 13.7. The van der Waals surface area contributed by atoms with E-state index in [-0.39, 0.29) is 16.7 Å². The lowest BCUT2D eigenvalue weighted by atomic mass is 9.90. The van der Waals surface area contributed by atoms with Crippen LogP contribution < -0.4 is 0 Å². The summed E-state index contributed by atoms with van der Waals surface area (Å²) in [6, 6.07) is 4.87. The summed E-state index contributed by atoms with van der Waals surface area (Å²) in [4.78, 5) is 0. The van der Waals surface area contributed by atoms with Crippen molar-refractivity contribution in [3.8, 4) is 11.3 Å². The van der Waals surface area contributed by atoms with E-state index in [4.69, 9.17) is 0 Å². The van der Waals surface area contributed by atoms with Crippen LogP contribution in [0, 0.1) is 11.2 Å². The lowest BCUT2D eigenvalue weighted by molar-refractivity contribution is -0.139. The van der Waals surface area contributed by atoms with Crippen LogP contribution in [0.15, 0.2) is 24.3 Å². The topological polar surface area (TPSA) is 25.8 Å². The molecule has 0 N–H and O–H groups in total. The zero-order valence-corrected chi connectivity index (χ0v) is 12.1. The Kier molecular flexibility index (Phi) is 3.23. The molecule has 3 rings (SSSR count). The smallest absolute Gasteiger partial charge is 0.206 e. The Labute approximate surface area is 125 Å². The third-order valence-corrected chi connectivity index (χ3v) is 3.85. The molecule has 0 atom stereocenters. The Morgan fingerprint density at radius 2 is 1.82 bits per heavy atom. The quantitative estimate of drug-likeness (QED) is 0.728. The molecule has 0 spiro atoms. The fraction of sp³-hybridized carbons (Fsp3) is 0.375. The Morgan fingerprint density at radius 3 is 2.50 bits per heavy atom. The molecule has 1 heterocycles. The normalized spacial score (nSPS) is 16.6. The molecule has 6 heteroatoms. The van der Waals surface area contributed by atoms with Crippen molar-refractivity contribution in [2.24, 2.45) is 5.41 Å². The van der Waals surface area contributed by atoms with E-state index in [1.165, 1.54) is 12.1 Å². The van der Waals surface area contributed by atoms with Gasteiger partial charge in [-0.1, -0.05) is 26.0 Å². The van der Waals surface area contributed by atoms with Gasteiger partial charge in [0.25, 0.3) is 0 Å². The molecule has 0 saturated carbocycles. The summed E-state index contributed by atoms with van der Waals surface area (Å²) in [6.07, 6.45) is -3.31. The van der Waals surface area contributed by atoms with Gasteiger partial charge in [-0.25, -0.2) is 4.39 Å². The van der Waals surface area contributed by atoms with E-state index in [1.54, 1.807) is 6.07 Å². The van der Waals surface area contributed by atoms with Gasteiger partial charge in [0.05, 0.1) is 11.4 Å². The summed E-state index contributed by atoms with van der Waals surface area (Å²) in [5.41, 5.74) is 0.202. The average Bonchev–Trinajstić information content (AvgIpc) is 2.69. The molecule has 1 aliphatic carbocycles.